The molecule has 2 rings (SSSR count). The molecule has 0 saturated carbocycles. The number of piperazine rings is 1. The number of amides is 2. The Bertz CT molecular complexity index is 503. The highest BCUT2D eigenvalue weighted by molar-refractivity contribution is 7.09. The second-order valence-electron chi connectivity index (χ2n) is 5.38. The number of hydrogen-bond donors (Lipinski definition) is 0. The van der Waals surface area contributed by atoms with E-state index in [0.29, 0.717) is 31.9 Å². The Hall–Kier alpha value is -1.43. The van der Waals surface area contributed by atoms with Gasteiger partial charge in [-0.3, -0.25) is 9.59 Å². The van der Waals surface area contributed by atoms with Crippen molar-refractivity contribution in [2.24, 2.45) is 5.92 Å². The summed E-state index contributed by atoms with van der Waals surface area (Å²) in [5.74, 6) is 0.332. The zero-order chi connectivity index (χ0) is 15.4. The normalized spacial score (nSPS) is 15.6. The van der Waals surface area contributed by atoms with Crippen LogP contribution in [-0.2, 0) is 4.79 Å². The molecule has 21 heavy (non-hydrogen) atoms. The Kier molecular flexibility index (Phi) is 5.33. The van der Waals surface area contributed by atoms with Gasteiger partial charge in [-0.15, -0.1) is 11.3 Å². The van der Waals surface area contributed by atoms with Gasteiger partial charge in [0.2, 0.25) is 5.91 Å². The van der Waals surface area contributed by atoms with Gasteiger partial charge in [0.05, 0.1) is 5.01 Å². The van der Waals surface area contributed by atoms with Gasteiger partial charge in [0, 0.05) is 37.5 Å². The molecule has 1 aliphatic heterocycles. The quantitative estimate of drug-likeness (QED) is 0.856. The fraction of sp³-hybridized carbons (Fsp3) is 0.667. The van der Waals surface area contributed by atoms with Crippen molar-refractivity contribution in [2.75, 3.05) is 26.2 Å². The van der Waals surface area contributed by atoms with E-state index in [4.69, 9.17) is 0 Å². The SMILES string of the molecule is CCC(CC)C(=O)N1CCN(C(=O)c2csc(C)n2)CC1. The minimum atomic E-state index is -0.0195. The number of aromatic nitrogens is 1. The summed E-state index contributed by atoms with van der Waals surface area (Å²) in [5, 5.41) is 2.71. The maximum Gasteiger partial charge on any atom is 0.273 e. The van der Waals surface area contributed by atoms with Gasteiger partial charge in [-0.2, -0.15) is 0 Å². The fourth-order valence-electron chi connectivity index (χ4n) is 2.65. The van der Waals surface area contributed by atoms with E-state index < -0.39 is 0 Å². The van der Waals surface area contributed by atoms with Crippen molar-refractivity contribution in [3.8, 4) is 0 Å². The summed E-state index contributed by atoms with van der Waals surface area (Å²) in [6, 6.07) is 0. The summed E-state index contributed by atoms with van der Waals surface area (Å²) in [5.41, 5.74) is 0.525. The van der Waals surface area contributed by atoms with E-state index in [0.717, 1.165) is 17.8 Å². The first kappa shape index (κ1) is 15.9. The number of hydrogen-bond acceptors (Lipinski definition) is 4. The third-order valence-electron chi connectivity index (χ3n) is 4.05. The highest BCUT2D eigenvalue weighted by atomic mass is 32.1. The minimum Gasteiger partial charge on any atom is -0.339 e. The third-order valence-corrected chi connectivity index (χ3v) is 4.83. The van der Waals surface area contributed by atoms with Gasteiger partial charge in [-0.25, -0.2) is 4.98 Å². The van der Waals surface area contributed by atoms with E-state index in [9.17, 15) is 9.59 Å². The first-order chi connectivity index (χ1) is 10.1. The van der Waals surface area contributed by atoms with Crippen LogP contribution < -0.4 is 0 Å². The van der Waals surface area contributed by atoms with E-state index in [1.165, 1.54) is 11.3 Å². The third kappa shape index (κ3) is 3.61. The standard InChI is InChI=1S/C15H23N3O2S/c1-4-12(5-2)14(19)17-6-8-18(9-7-17)15(20)13-10-21-11(3)16-13/h10,12H,4-9H2,1-3H3. The highest BCUT2D eigenvalue weighted by Crippen LogP contribution is 2.16. The number of carbonyl (C=O) groups is 2. The van der Waals surface area contributed by atoms with Gasteiger partial charge in [0.15, 0.2) is 0 Å². The van der Waals surface area contributed by atoms with Crippen LogP contribution in [0.4, 0.5) is 0 Å². The molecule has 0 aliphatic carbocycles. The van der Waals surface area contributed by atoms with Crippen molar-refractivity contribution in [3.05, 3.63) is 16.1 Å². The number of aryl methyl sites for hydroxylation is 1. The first-order valence-electron chi connectivity index (χ1n) is 7.57. The molecule has 0 aromatic carbocycles. The molecule has 2 amide bonds. The zero-order valence-electron chi connectivity index (χ0n) is 13.0. The smallest absolute Gasteiger partial charge is 0.273 e. The lowest BCUT2D eigenvalue weighted by molar-refractivity contribution is -0.137. The molecular formula is C15H23N3O2S. The molecule has 1 aliphatic rings. The van der Waals surface area contributed by atoms with Crippen LogP contribution in [0, 0.1) is 12.8 Å². The zero-order valence-corrected chi connectivity index (χ0v) is 13.8. The van der Waals surface area contributed by atoms with Gasteiger partial charge in [-0.1, -0.05) is 13.8 Å². The molecule has 0 radical (unpaired) electrons. The van der Waals surface area contributed by atoms with Crippen molar-refractivity contribution in [1.82, 2.24) is 14.8 Å². The van der Waals surface area contributed by atoms with Crippen molar-refractivity contribution in [2.45, 2.75) is 33.6 Å². The second-order valence-corrected chi connectivity index (χ2v) is 6.44. The molecule has 0 atom stereocenters. The maximum absolute atomic E-state index is 12.3. The summed E-state index contributed by atoms with van der Waals surface area (Å²) in [6.07, 6.45) is 1.76. The molecule has 6 heteroatoms. The molecule has 5 nitrogen and oxygen atoms in total. The van der Waals surface area contributed by atoms with Gasteiger partial charge < -0.3 is 9.80 Å². The predicted octanol–water partition coefficient (Wildman–Crippen LogP) is 2.17. The summed E-state index contributed by atoms with van der Waals surface area (Å²) >= 11 is 1.49. The van der Waals surface area contributed by atoms with Crippen LogP contribution in [0.3, 0.4) is 0 Å². The number of rotatable bonds is 4. The summed E-state index contributed by atoms with van der Waals surface area (Å²) < 4.78 is 0. The monoisotopic (exact) mass is 309 g/mol. The van der Waals surface area contributed by atoms with Crippen LogP contribution >= 0.6 is 11.3 Å². The molecule has 1 fully saturated rings. The van der Waals surface area contributed by atoms with Gasteiger partial charge in [0.25, 0.3) is 5.91 Å². The summed E-state index contributed by atoms with van der Waals surface area (Å²) in [7, 11) is 0. The van der Waals surface area contributed by atoms with E-state index in [2.05, 4.69) is 18.8 Å². The molecule has 0 N–H and O–H groups in total. The second kappa shape index (κ2) is 7.02. The van der Waals surface area contributed by atoms with Crippen LogP contribution in [-0.4, -0.2) is 52.8 Å². The number of carbonyl (C=O) groups excluding carboxylic acids is 2. The summed E-state index contributed by atoms with van der Waals surface area (Å²) in [6.45, 7) is 8.46. The molecule has 1 aromatic rings. The Balaban J connectivity index is 1.91. The van der Waals surface area contributed by atoms with Crippen LogP contribution in [0.15, 0.2) is 5.38 Å². The van der Waals surface area contributed by atoms with Gasteiger partial charge in [-0.05, 0) is 19.8 Å². The van der Waals surface area contributed by atoms with Crippen LogP contribution in [0.1, 0.15) is 42.2 Å². The van der Waals surface area contributed by atoms with E-state index in [1.807, 2.05) is 11.8 Å². The number of thiazole rings is 1. The lowest BCUT2D eigenvalue weighted by Gasteiger charge is -2.36. The van der Waals surface area contributed by atoms with Crippen molar-refractivity contribution in [3.63, 3.8) is 0 Å². The van der Waals surface area contributed by atoms with Gasteiger partial charge in [0.1, 0.15) is 5.69 Å². The van der Waals surface area contributed by atoms with Crippen molar-refractivity contribution >= 4 is 23.2 Å². The average molecular weight is 309 g/mol. The lowest BCUT2D eigenvalue weighted by atomic mass is 10.0. The number of nitrogens with zero attached hydrogens (tertiary/aromatic N) is 3. The molecule has 0 bridgehead atoms. The maximum atomic E-state index is 12.3. The fourth-order valence-corrected chi connectivity index (χ4v) is 3.24. The van der Waals surface area contributed by atoms with Crippen molar-refractivity contribution in [1.29, 1.82) is 0 Å². The molecule has 1 saturated heterocycles. The van der Waals surface area contributed by atoms with Crippen LogP contribution in [0.25, 0.3) is 0 Å². The first-order valence-corrected chi connectivity index (χ1v) is 8.45. The van der Waals surface area contributed by atoms with Crippen LogP contribution in [0.2, 0.25) is 0 Å². The van der Waals surface area contributed by atoms with Crippen molar-refractivity contribution < 1.29 is 9.59 Å². The largest absolute Gasteiger partial charge is 0.339 e. The van der Waals surface area contributed by atoms with Crippen LogP contribution in [0.5, 0.6) is 0 Å². The Morgan fingerprint density at radius 2 is 1.76 bits per heavy atom. The predicted molar refractivity (Wildman–Crippen MR) is 83.4 cm³/mol. The molecule has 116 valence electrons. The molecular weight excluding hydrogens is 286 g/mol. The topological polar surface area (TPSA) is 53.5 Å². The van der Waals surface area contributed by atoms with Gasteiger partial charge >= 0.3 is 0 Å². The Labute approximate surface area is 130 Å². The highest BCUT2D eigenvalue weighted by Gasteiger charge is 2.28. The average Bonchev–Trinajstić information content (AvgIpc) is 2.94. The molecule has 2 heterocycles. The Morgan fingerprint density at radius 1 is 1.19 bits per heavy atom. The Morgan fingerprint density at radius 3 is 2.24 bits per heavy atom. The minimum absolute atomic E-state index is 0.0195. The lowest BCUT2D eigenvalue weighted by Crippen LogP contribution is -2.52. The van der Waals surface area contributed by atoms with E-state index >= 15 is 0 Å². The molecule has 0 spiro atoms. The van der Waals surface area contributed by atoms with E-state index in [1.54, 1.807) is 10.3 Å². The molecule has 0 unspecified atom stereocenters. The summed E-state index contributed by atoms with van der Waals surface area (Å²) in [4.78, 5) is 32.6. The molecule has 1 aromatic heterocycles. The van der Waals surface area contributed by atoms with E-state index in [-0.39, 0.29) is 17.7 Å².